The number of hydrogen-bond donors (Lipinski definition) is 1. The number of ketones is 1. The van der Waals surface area contributed by atoms with Crippen LogP contribution in [0.4, 0.5) is 0 Å². The molecule has 0 amide bonds. The van der Waals surface area contributed by atoms with E-state index in [-0.39, 0.29) is 5.78 Å². The molecular weight excluding hydrogens is 392 g/mol. The van der Waals surface area contributed by atoms with Crippen molar-refractivity contribution in [3.63, 3.8) is 0 Å². The minimum Gasteiger partial charge on any atom is -0.493 e. The van der Waals surface area contributed by atoms with Gasteiger partial charge in [0.05, 0.1) is 27.5 Å². The van der Waals surface area contributed by atoms with Gasteiger partial charge in [-0.25, -0.2) is 4.98 Å². The van der Waals surface area contributed by atoms with Gasteiger partial charge in [0, 0.05) is 11.5 Å². The van der Waals surface area contributed by atoms with E-state index in [0.717, 1.165) is 18.7 Å². The summed E-state index contributed by atoms with van der Waals surface area (Å²) in [6.07, 6.45) is 15.7. The summed E-state index contributed by atoms with van der Waals surface area (Å²) in [7, 11) is 4.64. The maximum absolute atomic E-state index is 13.2. The van der Waals surface area contributed by atoms with Crippen LogP contribution >= 0.6 is 0 Å². The van der Waals surface area contributed by atoms with Crippen LogP contribution in [0.2, 0.25) is 0 Å². The molecule has 0 spiro atoms. The fourth-order valence-electron chi connectivity index (χ4n) is 4.46. The zero-order valence-corrected chi connectivity index (χ0v) is 19.2. The number of rotatable bonds is 6. The molecule has 1 N–H and O–H groups in total. The number of ether oxygens (including phenoxy) is 3. The number of methoxy groups -OCH3 is 3. The lowest BCUT2D eigenvalue weighted by Gasteiger charge is -2.16. The third kappa shape index (κ3) is 6.02. The Morgan fingerprint density at radius 3 is 1.84 bits per heavy atom. The van der Waals surface area contributed by atoms with E-state index in [2.05, 4.69) is 9.97 Å². The van der Waals surface area contributed by atoms with E-state index in [4.69, 9.17) is 14.2 Å². The van der Waals surface area contributed by atoms with Crippen LogP contribution in [0.5, 0.6) is 17.2 Å². The summed E-state index contributed by atoms with van der Waals surface area (Å²) >= 11 is 0. The number of aromatic nitrogens is 2. The lowest BCUT2D eigenvalue weighted by Crippen LogP contribution is -2.06. The summed E-state index contributed by atoms with van der Waals surface area (Å²) in [5, 5.41) is 0. The van der Waals surface area contributed by atoms with Gasteiger partial charge in [0.1, 0.15) is 11.5 Å². The Balaban J connectivity index is 1.77. The van der Waals surface area contributed by atoms with E-state index in [9.17, 15) is 4.79 Å². The molecule has 0 bridgehead atoms. The number of nitrogens with zero attached hydrogens (tertiary/aromatic N) is 1. The maximum Gasteiger partial charge on any atom is 0.211 e. The molecule has 2 aromatic rings. The van der Waals surface area contributed by atoms with Gasteiger partial charge in [-0.3, -0.25) is 4.79 Å². The number of carbonyl (C=O) groups excluding carboxylic acids is 1. The van der Waals surface area contributed by atoms with Crippen LogP contribution in [0.15, 0.2) is 18.3 Å². The topological polar surface area (TPSA) is 73.4 Å². The van der Waals surface area contributed by atoms with Crippen molar-refractivity contribution in [1.82, 2.24) is 9.97 Å². The Morgan fingerprint density at radius 1 is 0.839 bits per heavy atom. The van der Waals surface area contributed by atoms with E-state index in [1.54, 1.807) is 39.7 Å². The molecule has 6 nitrogen and oxygen atoms in total. The van der Waals surface area contributed by atoms with Crippen LogP contribution in [0.1, 0.15) is 98.4 Å². The molecule has 1 aromatic carbocycles. The third-order valence-electron chi connectivity index (χ3n) is 6.26. The summed E-state index contributed by atoms with van der Waals surface area (Å²) in [4.78, 5) is 21.1. The molecular formula is C25H36N2O4. The van der Waals surface area contributed by atoms with Crippen LogP contribution < -0.4 is 14.2 Å². The van der Waals surface area contributed by atoms with Crippen molar-refractivity contribution in [3.8, 4) is 17.2 Å². The lowest BCUT2D eigenvalue weighted by atomic mass is 9.92. The number of H-pyrrole nitrogens is 1. The quantitative estimate of drug-likeness (QED) is 0.567. The Hall–Kier alpha value is -2.50. The summed E-state index contributed by atoms with van der Waals surface area (Å²) in [6.45, 7) is 0. The van der Waals surface area contributed by atoms with Crippen molar-refractivity contribution in [2.75, 3.05) is 21.3 Å². The molecule has 170 valence electrons. The number of aromatic amines is 1. The second-order valence-corrected chi connectivity index (χ2v) is 8.38. The minimum absolute atomic E-state index is 0.133. The first-order valence-electron chi connectivity index (χ1n) is 11.6. The molecule has 0 atom stereocenters. The number of imidazole rings is 1. The zero-order chi connectivity index (χ0) is 22.1. The van der Waals surface area contributed by atoms with Crippen molar-refractivity contribution in [3.05, 3.63) is 35.4 Å². The number of hydrogen-bond acceptors (Lipinski definition) is 5. The van der Waals surface area contributed by atoms with Crippen LogP contribution in [-0.2, 0) is 0 Å². The maximum atomic E-state index is 13.2. The van der Waals surface area contributed by atoms with Crippen molar-refractivity contribution in [2.45, 2.75) is 76.5 Å². The van der Waals surface area contributed by atoms with Gasteiger partial charge in [-0.05, 0) is 25.0 Å². The van der Waals surface area contributed by atoms with Gasteiger partial charge in [0.15, 0.2) is 11.5 Å². The molecule has 0 saturated heterocycles. The first kappa shape index (κ1) is 23.2. The highest BCUT2D eigenvalue weighted by molar-refractivity contribution is 6.08. The highest BCUT2D eigenvalue weighted by atomic mass is 16.5. The summed E-state index contributed by atoms with van der Waals surface area (Å²) in [5.74, 6) is 2.59. The molecule has 1 aliphatic rings. The predicted octanol–water partition coefficient (Wildman–Crippen LogP) is 6.05. The fraction of sp³-hybridized carbons (Fsp3) is 0.600. The van der Waals surface area contributed by atoms with Gasteiger partial charge in [-0.1, -0.05) is 57.8 Å². The molecule has 1 heterocycles. The molecule has 1 fully saturated rings. The fourth-order valence-corrected chi connectivity index (χ4v) is 4.46. The van der Waals surface area contributed by atoms with Crippen molar-refractivity contribution in [1.29, 1.82) is 0 Å². The van der Waals surface area contributed by atoms with E-state index in [0.29, 0.717) is 34.4 Å². The first-order valence-corrected chi connectivity index (χ1v) is 11.6. The number of benzene rings is 1. The standard InChI is InChI=1S/C25H36N2O4/c1-29-21-15-19(16-22(30-2)24(21)31-3)23(28)20-17-26-25(27-20)18-13-11-9-7-5-4-6-8-10-12-14-18/h15-18H,4-14H2,1-3H3,(H,26,27). The molecule has 0 unspecified atom stereocenters. The first-order chi connectivity index (χ1) is 15.2. The highest BCUT2D eigenvalue weighted by Crippen LogP contribution is 2.38. The SMILES string of the molecule is COc1cc(C(=O)c2cnc(C3CCCCCCCCCCC3)[nH]2)cc(OC)c1OC. The van der Waals surface area contributed by atoms with Gasteiger partial charge >= 0.3 is 0 Å². The van der Waals surface area contributed by atoms with Crippen LogP contribution in [0.3, 0.4) is 0 Å². The van der Waals surface area contributed by atoms with Crippen LogP contribution in [-0.4, -0.2) is 37.1 Å². The molecule has 31 heavy (non-hydrogen) atoms. The van der Waals surface area contributed by atoms with Crippen molar-refractivity contribution in [2.24, 2.45) is 0 Å². The van der Waals surface area contributed by atoms with Gasteiger partial charge in [-0.15, -0.1) is 0 Å². The average molecular weight is 429 g/mol. The molecule has 1 aliphatic carbocycles. The molecule has 1 aromatic heterocycles. The molecule has 6 heteroatoms. The Labute approximate surface area is 185 Å². The van der Waals surface area contributed by atoms with Gasteiger partial charge in [-0.2, -0.15) is 0 Å². The molecule has 0 radical (unpaired) electrons. The molecule has 1 saturated carbocycles. The largest absolute Gasteiger partial charge is 0.493 e. The van der Waals surface area contributed by atoms with Crippen LogP contribution in [0, 0.1) is 0 Å². The van der Waals surface area contributed by atoms with E-state index < -0.39 is 0 Å². The summed E-state index contributed by atoms with van der Waals surface area (Å²) in [5.41, 5.74) is 0.971. The van der Waals surface area contributed by atoms with Gasteiger partial charge in [0.2, 0.25) is 11.5 Å². The van der Waals surface area contributed by atoms with Crippen molar-refractivity contribution >= 4 is 5.78 Å². The summed E-state index contributed by atoms with van der Waals surface area (Å²) < 4.78 is 16.1. The average Bonchev–Trinajstić information content (AvgIpc) is 3.28. The van der Waals surface area contributed by atoms with E-state index >= 15 is 0 Å². The highest BCUT2D eigenvalue weighted by Gasteiger charge is 2.21. The smallest absolute Gasteiger partial charge is 0.211 e. The third-order valence-corrected chi connectivity index (χ3v) is 6.26. The van der Waals surface area contributed by atoms with E-state index in [1.165, 1.54) is 57.8 Å². The Kier molecular flexibility index (Phi) is 8.80. The number of carbonyl (C=O) groups is 1. The summed E-state index contributed by atoms with van der Waals surface area (Å²) in [6, 6.07) is 3.36. The van der Waals surface area contributed by atoms with Crippen molar-refractivity contribution < 1.29 is 19.0 Å². The predicted molar refractivity (Wildman–Crippen MR) is 122 cm³/mol. The second-order valence-electron chi connectivity index (χ2n) is 8.38. The normalized spacial score (nSPS) is 16.7. The Morgan fingerprint density at radius 2 is 1.35 bits per heavy atom. The lowest BCUT2D eigenvalue weighted by molar-refractivity contribution is 0.103. The van der Waals surface area contributed by atoms with E-state index in [1.807, 2.05) is 0 Å². The molecule has 3 rings (SSSR count). The zero-order valence-electron chi connectivity index (χ0n) is 19.2. The molecule has 0 aliphatic heterocycles. The monoisotopic (exact) mass is 428 g/mol. The number of nitrogens with one attached hydrogen (secondary N) is 1. The Bertz CT molecular complexity index is 809. The minimum atomic E-state index is -0.133. The second kappa shape index (κ2) is 11.8. The van der Waals surface area contributed by atoms with Gasteiger partial charge in [0.25, 0.3) is 0 Å². The van der Waals surface area contributed by atoms with Crippen LogP contribution in [0.25, 0.3) is 0 Å². The van der Waals surface area contributed by atoms with Gasteiger partial charge < -0.3 is 19.2 Å².